The largest absolute Gasteiger partial charge is 0.395 e. The van der Waals surface area contributed by atoms with Gasteiger partial charge < -0.3 is 15.4 Å². The molecule has 6 heteroatoms. The van der Waals surface area contributed by atoms with Gasteiger partial charge in [0.15, 0.2) is 5.69 Å². The molecule has 1 amide bonds. The molecule has 0 spiro atoms. The second-order valence-electron chi connectivity index (χ2n) is 5.33. The lowest BCUT2D eigenvalue weighted by molar-refractivity contribution is -0.0227. The highest BCUT2D eigenvalue weighted by molar-refractivity contribution is 5.97. The number of rotatable bonds is 3. The predicted molar refractivity (Wildman–Crippen MR) is 70.9 cm³/mol. The van der Waals surface area contributed by atoms with Crippen molar-refractivity contribution >= 4 is 11.6 Å². The van der Waals surface area contributed by atoms with Crippen LogP contribution in [0.25, 0.3) is 0 Å². The van der Waals surface area contributed by atoms with E-state index in [0.29, 0.717) is 37.0 Å². The number of nitrogens with zero attached hydrogens (tertiary/aromatic N) is 2. The molecule has 1 aromatic rings. The first-order valence-electron chi connectivity index (χ1n) is 6.95. The summed E-state index contributed by atoms with van der Waals surface area (Å²) in [7, 11) is 0. The van der Waals surface area contributed by atoms with E-state index in [1.165, 1.54) is 0 Å². The van der Waals surface area contributed by atoms with Crippen molar-refractivity contribution in [3.8, 4) is 0 Å². The van der Waals surface area contributed by atoms with Gasteiger partial charge in [-0.05, 0) is 19.3 Å². The van der Waals surface area contributed by atoms with E-state index >= 15 is 0 Å². The molecule has 1 unspecified atom stereocenters. The average Bonchev–Trinajstić information content (AvgIpc) is 3.21. The second-order valence-corrected chi connectivity index (χ2v) is 5.33. The number of H-pyrrole nitrogens is 1. The summed E-state index contributed by atoms with van der Waals surface area (Å²) in [6, 6.07) is 0. The third-order valence-corrected chi connectivity index (χ3v) is 3.90. The Balaban J connectivity index is 1.75. The standard InChI is InChI=1S/C13H20N4O2/c1-2-9-7-17(5-6-19-9)13(18)12-10(14)11(15-16-12)8-3-4-8/h8-9H,2-7,14H2,1H3,(H,15,16). The van der Waals surface area contributed by atoms with E-state index in [9.17, 15) is 4.79 Å². The summed E-state index contributed by atoms with van der Waals surface area (Å²) >= 11 is 0. The predicted octanol–water partition coefficient (Wildman–Crippen LogP) is 1.12. The molecule has 0 bridgehead atoms. The number of carbonyl (C=O) groups is 1. The molecule has 104 valence electrons. The fraction of sp³-hybridized carbons (Fsp3) is 0.692. The van der Waals surface area contributed by atoms with Gasteiger partial charge in [0.25, 0.3) is 5.91 Å². The quantitative estimate of drug-likeness (QED) is 0.856. The van der Waals surface area contributed by atoms with Crippen molar-refractivity contribution in [2.45, 2.75) is 38.2 Å². The first-order chi connectivity index (χ1) is 9.20. The maximum absolute atomic E-state index is 12.4. The maximum atomic E-state index is 12.4. The van der Waals surface area contributed by atoms with Crippen LogP contribution in [0, 0.1) is 0 Å². The van der Waals surface area contributed by atoms with Crippen LogP contribution in [0.2, 0.25) is 0 Å². The van der Waals surface area contributed by atoms with Gasteiger partial charge in [0.1, 0.15) is 0 Å². The summed E-state index contributed by atoms with van der Waals surface area (Å²) in [5, 5.41) is 7.05. The Morgan fingerprint density at radius 1 is 1.58 bits per heavy atom. The number of nitrogens with one attached hydrogen (secondary N) is 1. The number of amides is 1. The second kappa shape index (κ2) is 4.85. The molecule has 2 fully saturated rings. The van der Waals surface area contributed by atoms with Crippen molar-refractivity contribution in [2.75, 3.05) is 25.4 Å². The molecule has 0 radical (unpaired) electrons. The Kier molecular flexibility index (Phi) is 3.18. The van der Waals surface area contributed by atoms with Crippen molar-refractivity contribution < 1.29 is 9.53 Å². The number of ether oxygens (including phenoxy) is 1. The molecule has 1 saturated heterocycles. The zero-order valence-corrected chi connectivity index (χ0v) is 11.2. The van der Waals surface area contributed by atoms with Crippen LogP contribution in [0.1, 0.15) is 48.3 Å². The minimum absolute atomic E-state index is 0.0811. The van der Waals surface area contributed by atoms with Gasteiger partial charge in [-0.1, -0.05) is 6.92 Å². The van der Waals surface area contributed by atoms with E-state index < -0.39 is 0 Å². The van der Waals surface area contributed by atoms with Crippen LogP contribution in [0.15, 0.2) is 0 Å². The number of hydrogen-bond acceptors (Lipinski definition) is 4. The van der Waals surface area contributed by atoms with Crippen LogP contribution in [-0.2, 0) is 4.74 Å². The Hall–Kier alpha value is -1.56. The highest BCUT2D eigenvalue weighted by Gasteiger charge is 2.32. The van der Waals surface area contributed by atoms with Crippen molar-refractivity contribution in [1.82, 2.24) is 15.1 Å². The van der Waals surface area contributed by atoms with Crippen LogP contribution in [0.5, 0.6) is 0 Å². The summed E-state index contributed by atoms with van der Waals surface area (Å²) in [5.74, 6) is 0.393. The van der Waals surface area contributed by atoms with Gasteiger partial charge in [-0.3, -0.25) is 9.89 Å². The van der Waals surface area contributed by atoms with Gasteiger partial charge in [-0.15, -0.1) is 0 Å². The van der Waals surface area contributed by atoms with E-state index in [0.717, 1.165) is 25.0 Å². The molecule has 1 atom stereocenters. The first kappa shape index (κ1) is 12.5. The van der Waals surface area contributed by atoms with Crippen LogP contribution in [0.3, 0.4) is 0 Å². The van der Waals surface area contributed by atoms with E-state index in [1.807, 2.05) is 0 Å². The number of anilines is 1. The number of aromatic nitrogens is 2. The van der Waals surface area contributed by atoms with Crippen LogP contribution >= 0.6 is 0 Å². The molecule has 2 aliphatic rings. The van der Waals surface area contributed by atoms with Crippen molar-refractivity contribution in [3.63, 3.8) is 0 Å². The molecule has 2 heterocycles. The lowest BCUT2D eigenvalue weighted by Crippen LogP contribution is -2.45. The van der Waals surface area contributed by atoms with Crippen molar-refractivity contribution in [1.29, 1.82) is 0 Å². The highest BCUT2D eigenvalue weighted by atomic mass is 16.5. The van der Waals surface area contributed by atoms with Crippen molar-refractivity contribution in [2.24, 2.45) is 0 Å². The van der Waals surface area contributed by atoms with Crippen LogP contribution < -0.4 is 5.73 Å². The number of aromatic amines is 1. The van der Waals surface area contributed by atoms with Gasteiger partial charge in [0.2, 0.25) is 0 Å². The van der Waals surface area contributed by atoms with Crippen LogP contribution in [-0.4, -0.2) is 46.8 Å². The summed E-state index contributed by atoms with van der Waals surface area (Å²) in [6.07, 6.45) is 3.30. The van der Waals surface area contributed by atoms with Crippen molar-refractivity contribution in [3.05, 3.63) is 11.4 Å². The molecule has 19 heavy (non-hydrogen) atoms. The number of morpholine rings is 1. The lowest BCUT2D eigenvalue weighted by atomic mass is 10.2. The summed E-state index contributed by atoms with van der Waals surface area (Å²) < 4.78 is 5.57. The smallest absolute Gasteiger partial charge is 0.276 e. The zero-order chi connectivity index (χ0) is 13.4. The Morgan fingerprint density at radius 3 is 3.05 bits per heavy atom. The topological polar surface area (TPSA) is 84.2 Å². The average molecular weight is 264 g/mol. The van der Waals surface area contributed by atoms with Gasteiger partial charge in [-0.2, -0.15) is 5.10 Å². The minimum atomic E-state index is -0.0811. The van der Waals surface area contributed by atoms with E-state index in [-0.39, 0.29) is 12.0 Å². The molecular formula is C13H20N4O2. The number of carbonyl (C=O) groups excluding carboxylic acids is 1. The molecule has 1 aliphatic heterocycles. The van der Waals surface area contributed by atoms with Crippen LogP contribution in [0.4, 0.5) is 5.69 Å². The SMILES string of the molecule is CCC1CN(C(=O)c2n[nH]c(C3CC3)c2N)CCO1. The number of nitrogen functional groups attached to an aromatic ring is 1. The molecule has 1 saturated carbocycles. The third kappa shape index (κ3) is 2.32. The Morgan fingerprint density at radius 2 is 2.37 bits per heavy atom. The summed E-state index contributed by atoms with van der Waals surface area (Å²) in [5.41, 5.74) is 7.89. The molecule has 3 rings (SSSR count). The van der Waals surface area contributed by atoms with Gasteiger partial charge in [-0.25, -0.2) is 0 Å². The summed E-state index contributed by atoms with van der Waals surface area (Å²) in [6.45, 7) is 3.89. The maximum Gasteiger partial charge on any atom is 0.276 e. The number of hydrogen-bond donors (Lipinski definition) is 2. The van der Waals surface area contributed by atoms with Gasteiger partial charge >= 0.3 is 0 Å². The zero-order valence-electron chi connectivity index (χ0n) is 11.2. The number of nitrogens with two attached hydrogens (primary N) is 1. The Bertz CT molecular complexity index is 481. The molecular weight excluding hydrogens is 244 g/mol. The molecule has 1 aliphatic carbocycles. The van der Waals surface area contributed by atoms with E-state index in [1.54, 1.807) is 4.90 Å². The van der Waals surface area contributed by atoms with Gasteiger partial charge in [0, 0.05) is 19.0 Å². The highest BCUT2D eigenvalue weighted by Crippen LogP contribution is 2.42. The normalized spacial score (nSPS) is 23.6. The third-order valence-electron chi connectivity index (χ3n) is 3.90. The van der Waals surface area contributed by atoms with Gasteiger partial charge in [0.05, 0.1) is 24.1 Å². The summed E-state index contributed by atoms with van der Waals surface area (Å²) in [4.78, 5) is 14.2. The fourth-order valence-corrected chi connectivity index (χ4v) is 2.51. The monoisotopic (exact) mass is 264 g/mol. The lowest BCUT2D eigenvalue weighted by Gasteiger charge is -2.32. The minimum Gasteiger partial charge on any atom is -0.395 e. The fourth-order valence-electron chi connectivity index (χ4n) is 2.51. The molecule has 6 nitrogen and oxygen atoms in total. The molecule has 1 aromatic heterocycles. The first-order valence-corrected chi connectivity index (χ1v) is 6.95. The van der Waals surface area contributed by atoms with E-state index in [4.69, 9.17) is 10.5 Å². The Labute approximate surface area is 112 Å². The van der Waals surface area contributed by atoms with E-state index in [2.05, 4.69) is 17.1 Å². The molecule has 3 N–H and O–H groups in total. The molecule has 0 aromatic carbocycles.